The predicted octanol–water partition coefficient (Wildman–Crippen LogP) is 2.67. The van der Waals surface area contributed by atoms with Crippen LogP contribution in [0.25, 0.3) is 11.3 Å². The van der Waals surface area contributed by atoms with Crippen LogP contribution in [0.3, 0.4) is 0 Å². The summed E-state index contributed by atoms with van der Waals surface area (Å²) in [4.78, 5) is 26.8. The second-order valence-corrected chi connectivity index (χ2v) is 8.15. The number of aromatic nitrogens is 3. The third kappa shape index (κ3) is 4.26. The summed E-state index contributed by atoms with van der Waals surface area (Å²) in [6.45, 7) is 3.74. The van der Waals surface area contributed by atoms with Gasteiger partial charge in [-0.05, 0) is 47.7 Å². The molecule has 9 nitrogen and oxygen atoms in total. The first-order valence-corrected chi connectivity index (χ1v) is 11.2. The number of H-pyrrole nitrogens is 1. The lowest BCUT2D eigenvalue weighted by Crippen LogP contribution is -2.55. The number of thioether (sulfide) groups is 1. The van der Waals surface area contributed by atoms with Crippen LogP contribution in [-0.2, 0) is 4.79 Å². The molecule has 3 N–H and O–H groups in total. The lowest BCUT2D eigenvalue weighted by molar-refractivity contribution is -0.759. The number of fused-ring (bicyclic) bond motifs is 3. The number of nitrogens with one attached hydrogen (secondary N) is 2. The van der Waals surface area contributed by atoms with E-state index in [9.17, 15) is 9.59 Å². The average Bonchev–Trinajstić information content (AvgIpc) is 2.78. The first-order chi connectivity index (χ1) is 15.5. The van der Waals surface area contributed by atoms with Crippen molar-refractivity contribution in [2.24, 2.45) is 0 Å². The summed E-state index contributed by atoms with van der Waals surface area (Å²) in [5.41, 5.74) is 2.58. The molecule has 1 aliphatic heterocycles. The molecule has 2 heterocycles. The van der Waals surface area contributed by atoms with Crippen LogP contribution in [0.2, 0.25) is 0 Å². The van der Waals surface area contributed by atoms with E-state index >= 15 is 0 Å². The summed E-state index contributed by atoms with van der Waals surface area (Å²) in [6.07, 6.45) is -0.480. The number of anilines is 1. The van der Waals surface area contributed by atoms with Crippen molar-refractivity contribution in [3.05, 3.63) is 58.4 Å². The Hall–Kier alpha value is -3.53. The molecule has 0 spiro atoms. The summed E-state index contributed by atoms with van der Waals surface area (Å²) in [6, 6.07) is 12.8. The van der Waals surface area contributed by atoms with Gasteiger partial charge < -0.3 is 19.9 Å². The number of nitrogens with zero attached hydrogens (tertiary/aromatic N) is 2. The lowest BCUT2D eigenvalue weighted by atomic mass is 10.0. The highest BCUT2D eigenvalue weighted by molar-refractivity contribution is 7.99. The first kappa shape index (κ1) is 21.7. The first-order valence-electron chi connectivity index (χ1n) is 10.2. The highest BCUT2D eigenvalue weighted by Gasteiger charge is 2.38. The fraction of sp³-hybridized carbons (Fsp3) is 0.273. The van der Waals surface area contributed by atoms with Gasteiger partial charge in [-0.3, -0.25) is 9.78 Å². The van der Waals surface area contributed by atoms with E-state index < -0.39 is 18.7 Å². The number of carbonyl (C=O) groups is 1. The van der Waals surface area contributed by atoms with Crippen LogP contribution < -0.4 is 25.0 Å². The molecule has 2 aromatic carbocycles. The minimum Gasteiger partial charge on any atom is -0.490 e. The Balaban J connectivity index is 1.83. The zero-order valence-electron chi connectivity index (χ0n) is 17.6. The van der Waals surface area contributed by atoms with Crippen LogP contribution in [0, 0.1) is 0 Å². The molecule has 0 saturated heterocycles. The van der Waals surface area contributed by atoms with E-state index in [4.69, 9.17) is 14.6 Å². The number of ether oxygens (including phenoxy) is 2. The standard InChI is InChI=1S/C22H22N4O5S/c1-3-30-17-11-13(9-10-16(17)31-12-18(27)28)20-23-15-8-6-5-7-14(15)19-21(29)24-22(32-4-2)25-26(19)20/h5-11,20H,3-4,12H2,1-2H3,(H2,24,25,27,28,29)/p+1/t20-/m0/s1. The topological polar surface area (TPSA) is 117 Å². The van der Waals surface area contributed by atoms with Crippen molar-refractivity contribution in [3.8, 4) is 22.8 Å². The highest BCUT2D eigenvalue weighted by atomic mass is 32.2. The normalized spacial score (nSPS) is 14.1. The van der Waals surface area contributed by atoms with Gasteiger partial charge in [0, 0.05) is 10.7 Å². The third-order valence-electron chi connectivity index (χ3n) is 4.80. The van der Waals surface area contributed by atoms with Crippen LogP contribution in [0.4, 0.5) is 5.69 Å². The maximum atomic E-state index is 13.0. The van der Waals surface area contributed by atoms with Crippen molar-refractivity contribution in [1.29, 1.82) is 0 Å². The molecule has 32 heavy (non-hydrogen) atoms. The highest BCUT2D eigenvalue weighted by Crippen LogP contribution is 2.35. The van der Waals surface area contributed by atoms with Gasteiger partial charge in [0.1, 0.15) is 0 Å². The largest absolute Gasteiger partial charge is 0.490 e. The SMILES string of the molecule is CCOc1cc([C@H]2Nc3ccccc3-c3c(=O)[nH]c(SCC)n[n+]32)ccc1OCC(=O)O. The van der Waals surface area contributed by atoms with Crippen molar-refractivity contribution in [2.75, 3.05) is 24.3 Å². The molecule has 4 rings (SSSR count). The monoisotopic (exact) mass is 455 g/mol. The Morgan fingerprint density at radius 2 is 2.00 bits per heavy atom. The quantitative estimate of drug-likeness (QED) is 0.351. The lowest BCUT2D eigenvalue weighted by Gasteiger charge is -2.23. The number of benzene rings is 2. The summed E-state index contributed by atoms with van der Waals surface area (Å²) in [5, 5.41) is 17.6. The van der Waals surface area contributed by atoms with Crippen molar-refractivity contribution in [3.63, 3.8) is 0 Å². The van der Waals surface area contributed by atoms with Crippen molar-refractivity contribution in [1.82, 2.24) is 10.1 Å². The molecule has 1 aliphatic rings. The molecule has 1 atom stereocenters. The Bertz CT molecular complexity index is 1210. The maximum Gasteiger partial charge on any atom is 0.341 e. The maximum absolute atomic E-state index is 13.0. The molecule has 0 saturated carbocycles. The fourth-order valence-corrected chi connectivity index (χ4v) is 4.12. The smallest absolute Gasteiger partial charge is 0.341 e. The van der Waals surface area contributed by atoms with E-state index in [0.717, 1.165) is 22.6 Å². The molecular weight excluding hydrogens is 432 g/mol. The van der Waals surface area contributed by atoms with Gasteiger partial charge in [0.2, 0.25) is 5.16 Å². The van der Waals surface area contributed by atoms with Crippen LogP contribution in [-0.4, -0.2) is 40.1 Å². The molecule has 1 aromatic heterocycles. The summed E-state index contributed by atoms with van der Waals surface area (Å²) < 4.78 is 12.7. The number of aliphatic carboxylic acids is 1. The number of rotatable bonds is 8. The fourth-order valence-electron chi connectivity index (χ4n) is 3.54. The van der Waals surface area contributed by atoms with Crippen LogP contribution >= 0.6 is 11.8 Å². The summed E-state index contributed by atoms with van der Waals surface area (Å²) in [7, 11) is 0. The Kier molecular flexibility index (Phi) is 6.31. The molecule has 0 amide bonds. The molecule has 0 radical (unpaired) electrons. The van der Waals surface area contributed by atoms with Gasteiger partial charge in [0.25, 0.3) is 6.17 Å². The van der Waals surface area contributed by atoms with Crippen LogP contribution in [0.15, 0.2) is 52.4 Å². The Labute approximate surface area is 188 Å². The van der Waals surface area contributed by atoms with Gasteiger partial charge in [0.05, 0.1) is 17.9 Å². The second kappa shape index (κ2) is 9.31. The minimum absolute atomic E-state index is 0.221. The van der Waals surface area contributed by atoms with Gasteiger partial charge in [0.15, 0.2) is 18.1 Å². The summed E-state index contributed by atoms with van der Waals surface area (Å²) >= 11 is 1.45. The second-order valence-electron chi connectivity index (χ2n) is 6.90. The van der Waals surface area contributed by atoms with Gasteiger partial charge in [-0.25, -0.2) is 4.79 Å². The van der Waals surface area contributed by atoms with Crippen LogP contribution in [0.1, 0.15) is 25.6 Å². The Morgan fingerprint density at radius 1 is 1.19 bits per heavy atom. The number of carboxylic acids is 1. The van der Waals surface area contributed by atoms with E-state index in [2.05, 4.69) is 15.4 Å². The van der Waals surface area contributed by atoms with Crippen molar-refractivity contribution in [2.45, 2.75) is 25.2 Å². The van der Waals surface area contributed by atoms with Gasteiger partial charge in [-0.1, -0.05) is 30.8 Å². The van der Waals surface area contributed by atoms with E-state index in [1.165, 1.54) is 11.8 Å². The molecule has 166 valence electrons. The predicted molar refractivity (Wildman–Crippen MR) is 119 cm³/mol. The van der Waals surface area contributed by atoms with E-state index in [-0.39, 0.29) is 5.56 Å². The molecular formula is C22H23N4O5S+. The number of hydrogen-bond acceptors (Lipinski definition) is 7. The third-order valence-corrected chi connectivity index (χ3v) is 5.54. The molecule has 0 aliphatic carbocycles. The van der Waals surface area contributed by atoms with E-state index in [1.54, 1.807) is 22.9 Å². The zero-order valence-corrected chi connectivity index (χ0v) is 18.4. The number of para-hydroxylation sites is 1. The molecule has 0 fully saturated rings. The van der Waals surface area contributed by atoms with E-state index in [0.29, 0.717) is 29.0 Å². The average molecular weight is 456 g/mol. The van der Waals surface area contributed by atoms with Gasteiger partial charge in [-0.2, -0.15) is 0 Å². The molecule has 3 aromatic rings. The van der Waals surface area contributed by atoms with Crippen LogP contribution in [0.5, 0.6) is 11.5 Å². The van der Waals surface area contributed by atoms with E-state index in [1.807, 2.05) is 38.1 Å². The van der Waals surface area contributed by atoms with Gasteiger partial charge in [-0.15, -0.1) is 0 Å². The molecule has 10 heteroatoms. The van der Waals surface area contributed by atoms with Crippen molar-refractivity contribution >= 4 is 23.4 Å². The Morgan fingerprint density at radius 3 is 2.75 bits per heavy atom. The zero-order chi connectivity index (χ0) is 22.7. The number of hydrogen-bond donors (Lipinski definition) is 3. The number of carboxylic acid groups (broad SMARTS) is 1. The van der Waals surface area contributed by atoms with Crippen molar-refractivity contribution < 1.29 is 24.1 Å². The molecule has 0 bridgehead atoms. The molecule has 0 unspecified atom stereocenters. The minimum atomic E-state index is -1.07. The number of aromatic amines is 1. The summed E-state index contributed by atoms with van der Waals surface area (Å²) in [5.74, 6) is 0.444. The van der Waals surface area contributed by atoms with Gasteiger partial charge >= 0.3 is 17.2 Å².